The maximum Gasteiger partial charge on any atom is 0.0291 e. The van der Waals surface area contributed by atoms with Crippen LogP contribution in [0.2, 0.25) is 0 Å². The molecule has 0 radical (unpaired) electrons. The molecule has 1 nitrogen and oxygen atoms in total. The topological polar surface area (TPSA) is 12.0 Å². The number of hydrogen-bond acceptors (Lipinski definition) is 1. The number of rotatable bonds is 0. The number of allylic oxidation sites excluding steroid dienone is 5. The Morgan fingerprint density at radius 3 is 3.31 bits per heavy atom. The van der Waals surface area contributed by atoms with E-state index in [9.17, 15) is 0 Å². The van der Waals surface area contributed by atoms with Crippen LogP contribution >= 0.6 is 0 Å². The Kier molecular flexibility index (Phi) is 1.66. The van der Waals surface area contributed by atoms with Crippen LogP contribution in [0, 0.1) is 0 Å². The normalized spacial score (nSPS) is 31.4. The van der Waals surface area contributed by atoms with Gasteiger partial charge in [0.15, 0.2) is 0 Å². The molecule has 1 atom stereocenters. The molecule has 1 fully saturated rings. The first-order valence-electron chi connectivity index (χ1n) is 5.29. The van der Waals surface area contributed by atoms with Gasteiger partial charge in [0.05, 0.1) is 0 Å². The minimum atomic E-state index is 0.698. The number of piperidine rings is 1. The monoisotopic (exact) mass is 173 g/mol. The van der Waals surface area contributed by atoms with E-state index in [0.29, 0.717) is 6.04 Å². The first-order valence-corrected chi connectivity index (χ1v) is 5.29. The van der Waals surface area contributed by atoms with Crippen LogP contribution < -0.4 is 5.32 Å². The SMILES string of the molecule is C1=CC2=C3CCCNC3CCC2=C1. The summed E-state index contributed by atoms with van der Waals surface area (Å²) in [4.78, 5) is 0. The molecule has 0 bridgehead atoms. The Balaban J connectivity index is 2.05. The molecule has 1 N–H and O–H groups in total. The molecule has 68 valence electrons. The van der Waals surface area contributed by atoms with Crippen LogP contribution in [-0.4, -0.2) is 12.6 Å². The molecule has 0 aromatic heterocycles. The Hall–Kier alpha value is -0.820. The van der Waals surface area contributed by atoms with Gasteiger partial charge in [-0.2, -0.15) is 0 Å². The minimum absolute atomic E-state index is 0.698. The smallest absolute Gasteiger partial charge is 0.0291 e. The van der Waals surface area contributed by atoms with E-state index in [1.54, 1.807) is 16.7 Å². The van der Waals surface area contributed by atoms with Crippen molar-refractivity contribution in [1.29, 1.82) is 0 Å². The van der Waals surface area contributed by atoms with Crippen LogP contribution in [0.3, 0.4) is 0 Å². The molecule has 0 amide bonds. The summed E-state index contributed by atoms with van der Waals surface area (Å²) in [6, 6.07) is 0.698. The lowest BCUT2D eigenvalue weighted by molar-refractivity contribution is 0.453. The summed E-state index contributed by atoms with van der Waals surface area (Å²) in [5, 5.41) is 3.61. The third-order valence-electron chi connectivity index (χ3n) is 3.39. The third kappa shape index (κ3) is 1.11. The Morgan fingerprint density at radius 2 is 2.31 bits per heavy atom. The van der Waals surface area contributed by atoms with Gasteiger partial charge in [0.2, 0.25) is 0 Å². The Bertz CT molecular complexity index is 320. The molecule has 0 saturated carbocycles. The predicted octanol–water partition coefficient (Wildman–Crippen LogP) is 2.33. The highest BCUT2D eigenvalue weighted by Crippen LogP contribution is 2.37. The van der Waals surface area contributed by atoms with Crippen molar-refractivity contribution < 1.29 is 0 Å². The minimum Gasteiger partial charge on any atom is -0.310 e. The van der Waals surface area contributed by atoms with E-state index in [0.717, 1.165) is 0 Å². The zero-order valence-corrected chi connectivity index (χ0v) is 7.84. The summed E-state index contributed by atoms with van der Waals surface area (Å²) in [7, 11) is 0. The van der Waals surface area contributed by atoms with E-state index in [-0.39, 0.29) is 0 Å². The maximum absolute atomic E-state index is 3.61. The fourth-order valence-electron chi connectivity index (χ4n) is 2.74. The van der Waals surface area contributed by atoms with E-state index in [4.69, 9.17) is 0 Å². The molecule has 1 saturated heterocycles. The lowest BCUT2D eigenvalue weighted by Gasteiger charge is -2.33. The Morgan fingerprint density at radius 1 is 1.31 bits per heavy atom. The Labute approximate surface area is 79.2 Å². The van der Waals surface area contributed by atoms with Gasteiger partial charge in [-0.25, -0.2) is 0 Å². The summed E-state index contributed by atoms with van der Waals surface area (Å²) in [5.41, 5.74) is 4.82. The van der Waals surface area contributed by atoms with Crippen LogP contribution in [-0.2, 0) is 0 Å². The number of fused-ring (bicyclic) bond motifs is 2. The van der Waals surface area contributed by atoms with E-state index in [2.05, 4.69) is 23.5 Å². The van der Waals surface area contributed by atoms with Gasteiger partial charge < -0.3 is 5.32 Å². The molecular weight excluding hydrogens is 158 g/mol. The average Bonchev–Trinajstić information content (AvgIpc) is 2.65. The van der Waals surface area contributed by atoms with Crippen molar-refractivity contribution in [1.82, 2.24) is 5.32 Å². The molecule has 2 aliphatic carbocycles. The van der Waals surface area contributed by atoms with Crippen LogP contribution in [0.1, 0.15) is 25.7 Å². The van der Waals surface area contributed by atoms with Crippen LogP contribution in [0.5, 0.6) is 0 Å². The average molecular weight is 173 g/mol. The van der Waals surface area contributed by atoms with Crippen molar-refractivity contribution in [2.45, 2.75) is 31.7 Å². The summed E-state index contributed by atoms with van der Waals surface area (Å²) in [6.07, 6.45) is 12.0. The largest absolute Gasteiger partial charge is 0.310 e. The van der Waals surface area contributed by atoms with Crippen molar-refractivity contribution in [3.63, 3.8) is 0 Å². The lowest BCUT2D eigenvalue weighted by Crippen LogP contribution is -2.38. The van der Waals surface area contributed by atoms with E-state index >= 15 is 0 Å². The zero-order valence-electron chi connectivity index (χ0n) is 7.84. The highest BCUT2D eigenvalue weighted by Gasteiger charge is 2.27. The first kappa shape index (κ1) is 7.57. The lowest BCUT2D eigenvalue weighted by atomic mass is 9.81. The van der Waals surface area contributed by atoms with Crippen LogP contribution in [0.15, 0.2) is 34.9 Å². The van der Waals surface area contributed by atoms with Crippen LogP contribution in [0.4, 0.5) is 0 Å². The summed E-state index contributed by atoms with van der Waals surface area (Å²) in [6.45, 7) is 1.21. The van der Waals surface area contributed by atoms with Crippen molar-refractivity contribution in [2.24, 2.45) is 0 Å². The second-order valence-corrected chi connectivity index (χ2v) is 4.14. The molecule has 3 aliphatic rings. The molecule has 1 aliphatic heterocycles. The highest BCUT2D eigenvalue weighted by atomic mass is 14.9. The van der Waals surface area contributed by atoms with Gasteiger partial charge in [0.1, 0.15) is 0 Å². The van der Waals surface area contributed by atoms with E-state index < -0.39 is 0 Å². The third-order valence-corrected chi connectivity index (χ3v) is 3.39. The molecular formula is C12H15N. The second-order valence-electron chi connectivity index (χ2n) is 4.14. The summed E-state index contributed by atoms with van der Waals surface area (Å²) >= 11 is 0. The predicted molar refractivity (Wildman–Crippen MR) is 54.5 cm³/mol. The van der Waals surface area contributed by atoms with Crippen molar-refractivity contribution in [3.05, 3.63) is 34.9 Å². The van der Waals surface area contributed by atoms with Crippen molar-refractivity contribution >= 4 is 0 Å². The standard InChI is InChI=1S/C12H15N/c1-3-9-6-7-12-11(10(9)4-1)5-2-8-13-12/h1,3-4,12-13H,2,5-8H2. The molecule has 1 heteroatoms. The van der Waals surface area contributed by atoms with Gasteiger partial charge in [-0.3, -0.25) is 0 Å². The number of hydrogen-bond donors (Lipinski definition) is 1. The van der Waals surface area contributed by atoms with E-state index in [1.807, 2.05) is 0 Å². The fourth-order valence-corrected chi connectivity index (χ4v) is 2.74. The van der Waals surface area contributed by atoms with Gasteiger partial charge in [-0.15, -0.1) is 0 Å². The van der Waals surface area contributed by atoms with E-state index in [1.165, 1.54) is 32.2 Å². The molecule has 0 aromatic carbocycles. The molecule has 0 spiro atoms. The van der Waals surface area contributed by atoms with Gasteiger partial charge in [-0.1, -0.05) is 18.2 Å². The number of nitrogens with one attached hydrogen (secondary N) is 1. The second kappa shape index (κ2) is 2.85. The molecule has 1 heterocycles. The van der Waals surface area contributed by atoms with Gasteiger partial charge >= 0.3 is 0 Å². The van der Waals surface area contributed by atoms with Crippen LogP contribution in [0.25, 0.3) is 0 Å². The molecule has 3 rings (SSSR count). The highest BCUT2D eigenvalue weighted by molar-refractivity contribution is 5.54. The molecule has 1 unspecified atom stereocenters. The van der Waals surface area contributed by atoms with Crippen molar-refractivity contribution in [3.8, 4) is 0 Å². The summed E-state index contributed by atoms with van der Waals surface area (Å²) in [5.74, 6) is 0. The zero-order chi connectivity index (χ0) is 8.67. The summed E-state index contributed by atoms with van der Waals surface area (Å²) < 4.78 is 0. The molecule has 13 heavy (non-hydrogen) atoms. The maximum atomic E-state index is 3.61. The first-order chi connectivity index (χ1) is 6.45. The van der Waals surface area contributed by atoms with Gasteiger partial charge in [-0.05, 0) is 48.9 Å². The molecule has 0 aromatic rings. The van der Waals surface area contributed by atoms with Crippen molar-refractivity contribution in [2.75, 3.05) is 6.54 Å². The quantitative estimate of drug-likeness (QED) is 0.593. The fraction of sp³-hybridized carbons (Fsp3) is 0.500. The van der Waals surface area contributed by atoms with Gasteiger partial charge in [0, 0.05) is 6.04 Å². The van der Waals surface area contributed by atoms with Gasteiger partial charge in [0.25, 0.3) is 0 Å².